The van der Waals surface area contributed by atoms with Crippen molar-refractivity contribution in [2.45, 2.75) is 32.0 Å². The van der Waals surface area contributed by atoms with Gasteiger partial charge in [-0.3, -0.25) is 4.79 Å². The lowest BCUT2D eigenvalue weighted by molar-refractivity contribution is -0.274. The number of hydrogen-bond donors (Lipinski definition) is 2. The molecular formula is C26H26F3N3O5. The highest BCUT2D eigenvalue weighted by atomic mass is 19.4. The molecule has 0 bridgehead atoms. The topological polar surface area (TPSA) is 101 Å². The van der Waals surface area contributed by atoms with Crippen molar-refractivity contribution in [2.75, 3.05) is 29.9 Å². The van der Waals surface area contributed by atoms with Gasteiger partial charge in [-0.15, -0.1) is 13.2 Å². The van der Waals surface area contributed by atoms with Crippen LogP contribution in [0.1, 0.15) is 36.0 Å². The third-order valence-corrected chi connectivity index (χ3v) is 6.12. The number of carboxylic acids is 1. The molecule has 0 radical (unpaired) electrons. The molecule has 2 heterocycles. The van der Waals surface area contributed by atoms with Gasteiger partial charge in [-0.2, -0.15) is 0 Å². The Morgan fingerprint density at radius 1 is 1.11 bits per heavy atom. The van der Waals surface area contributed by atoms with Crippen LogP contribution < -0.4 is 15.0 Å². The van der Waals surface area contributed by atoms with Crippen LogP contribution in [0.4, 0.5) is 24.7 Å². The number of nitrogens with one attached hydrogen (secondary N) is 1. The zero-order valence-electron chi connectivity index (χ0n) is 19.8. The first kappa shape index (κ1) is 26.1. The zero-order chi connectivity index (χ0) is 26.4. The summed E-state index contributed by atoms with van der Waals surface area (Å²) < 4.78 is 46.5. The van der Waals surface area contributed by atoms with Gasteiger partial charge in [0.25, 0.3) is 5.91 Å². The van der Waals surface area contributed by atoms with E-state index in [1.54, 1.807) is 24.3 Å². The molecule has 196 valence electrons. The molecule has 2 N–H and O–H groups in total. The van der Waals surface area contributed by atoms with E-state index in [-0.39, 0.29) is 11.1 Å². The predicted octanol–water partition coefficient (Wildman–Crippen LogP) is 5.15. The van der Waals surface area contributed by atoms with Gasteiger partial charge in [-0.05, 0) is 67.7 Å². The van der Waals surface area contributed by atoms with E-state index in [2.05, 4.69) is 19.9 Å². The van der Waals surface area contributed by atoms with E-state index >= 15 is 0 Å². The maximum Gasteiger partial charge on any atom is 0.573 e. The van der Waals surface area contributed by atoms with Crippen molar-refractivity contribution < 1.29 is 37.3 Å². The average molecular weight is 518 g/mol. The molecule has 1 fully saturated rings. The van der Waals surface area contributed by atoms with Crippen LogP contribution in [0.2, 0.25) is 0 Å². The molecule has 0 saturated carbocycles. The summed E-state index contributed by atoms with van der Waals surface area (Å²) >= 11 is 0. The molecule has 1 aromatic heterocycles. The number of ether oxygens (including phenoxy) is 2. The number of alkyl halides is 3. The summed E-state index contributed by atoms with van der Waals surface area (Å²) in [6.07, 6.45) is 3.23. The molecule has 0 spiro atoms. The summed E-state index contributed by atoms with van der Waals surface area (Å²) in [4.78, 5) is 30.1. The van der Waals surface area contributed by atoms with E-state index in [1.165, 1.54) is 18.3 Å². The molecule has 8 nitrogen and oxygen atoms in total. The number of aliphatic carboxylic acids is 1. The van der Waals surface area contributed by atoms with Crippen LogP contribution in [0.5, 0.6) is 5.75 Å². The van der Waals surface area contributed by atoms with Gasteiger partial charge in [0, 0.05) is 25.1 Å². The number of piperidine rings is 1. The number of carbonyl (C=O) groups is 2. The predicted molar refractivity (Wildman–Crippen MR) is 129 cm³/mol. The first-order valence-electron chi connectivity index (χ1n) is 11.8. The Labute approximate surface area is 211 Å². The molecule has 1 aromatic carbocycles. The molecule has 1 saturated heterocycles. The molecule has 2 aromatic rings. The summed E-state index contributed by atoms with van der Waals surface area (Å²) in [6, 6.07) is 8.18. The van der Waals surface area contributed by atoms with Crippen molar-refractivity contribution in [2.24, 2.45) is 5.92 Å². The van der Waals surface area contributed by atoms with E-state index in [0.29, 0.717) is 36.8 Å². The Balaban J connectivity index is 1.23. The Morgan fingerprint density at radius 3 is 2.46 bits per heavy atom. The zero-order valence-corrected chi connectivity index (χ0v) is 19.8. The molecule has 0 atom stereocenters. The van der Waals surface area contributed by atoms with Crippen molar-refractivity contribution in [3.63, 3.8) is 0 Å². The molecular weight excluding hydrogens is 491 g/mol. The Bertz CT molecular complexity index is 1170. The maximum absolute atomic E-state index is 12.4. The molecule has 1 aliphatic heterocycles. The molecule has 37 heavy (non-hydrogen) atoms. The number of anilines is 2. The standard InChI is InChI=1S/C26H26F3N3O5/c27-26(28,29)37-21-7-4-18(5-8-21)24(33)31-20-6-9-23(30-15-20)32-12-10-17(11-13-32)16-36-22-3-1-2-19(14-22)25(34)35/h2,4-9,14-15,17H,1,3,10-13,16H2,(H,31,33)(H,34,35). The second kappa shape index (κ2) is 11.4. The average Bonchev–Trinajstić information content (AvgIpc) is 2.88. The quantitative estimate of drug-likeness (QED) is 0.499. The van der Waals surface area contributed by atoms with E-state index in [1.807, 2.05) is 0 Å². The first-order valence-corrected chi connectivity index (χ1v) is 11.8. The van der Waals surface area contributed by atoms with Gasteiger partial charge in [0.1, 0.15) is 11.6 Å². The highest BCUT2D eigenvalue weighted by molar-refractivity contribution is 6.04. The lowest BCUT2D eigenvalue weighted by Gasteiger charge is -2.33. The van der Waals surface area contributed by atoms with Gasteiger partial charge >= 0.3 is 12.3 Å². The summed E-state index contributed by atoms with van der Waals surface area (Å²) in [5.41, 5.74) is 0.917. The summed E-state index contributed by atoms with van der Waals surface area (Å²) in [7, 11) is 0. The Kier molecular flexibility index (Phi) is 8.00. The minimum Gasteiger partial charge on any atom is -0.498 e. The Morgan fingerprint density at radius 2 is 1.84 bits per heavy atom. The van der Waals surface area contributed by atoms with Crippen molar-refractivity contribution in [1.82, 2.24) is 4.98 Å². The summed E-state index contributed by atoms with van der Waals surface area (Å²) in [5, 5.41) is 11.8. The Hall–Kier alpha value is -4.02. The molecule has 2 aliphatic rings. The van der Waals surface area contributed by atoms with Crippen molar-refractivity contribution in [3.8, 4) is 5.75 Å². The minimum absolute atomic E-state index is 0.182. The summed E-state index contributed by atoms with van der Waals surface area (Å²) in [5.74, 6) is 0.0296. The molecule has 1 amide bonds. The number of carboxylic acid groups (broad SMARTS) is 1. The van der Waals surface area contributed by atoms with E-state index in [0.717, 1.165) is 43.9 Å². The fourth-order valence-corrected chi connectivity index (χ4v) is 4.15. The van der Waals surface area contributed by atoms with Crippen LogP contribution >= 0.6 is 0 Å². The fourth-order valence-electron chi connectivity index (χ4n) is 4.15. The van der Waals surface area contributed by atoms with Gasteiger partial charge < -0.3 is 24.8 Å². The molecule has 1 aliphatic carbocycles. The van der Waals surface area contributed by atoms with Crippen LogP contribution in [0, 0.1) is 5.92 Å². The number of allylic oxidation sites excluding steroid dienone is 2. The smallest absolute Gasteiger partial charge is 0.498 e. The van der Waals surface area contributed by atoms with Crippen LogP contribution in [-0.2, 0) is 9.53 Å². The van der Waals surface area contributed by atoms with Gasteiger partial charge in [-0.1, -0.05) is 6.08 Å². The lowest BCUT2D eigenvalue weighted by atomic mass is 9.97. The van der Waals surface area contributed by atoms with Gasteiger partial charge in [-0.25, -0.2) is 9.78 Å². The third-order valence-electron chi connectivity index (χ3n) is 6.12. The maximum atomic E-state index is 12.4. The molecule has 11 heteroatoms. The van der Waals surface area contributed by atoms with Crippen molar-refractivity contribution in [1.29, 1.82) is 0 Å². The first-order chi connectivity index (χ1) is 17.7. The van der Waals surface area contributed by atoms with Gasteiger partial charge in [0.15, 0.2) is 0 Å². The lowest BCUT2D eigenvalue weighted by Crippen LogP contribution is -2.35. The number of rotatable bonds is 8. The number of benzene rings is 1. The van der Waals surface area contributed by atoms with E-state index < -0.39 is 24.0 Å². The van der Waals surface area contributed by atoms with E-state index in [9.17, 15) is 22.8 Å². The number of amides is 1. The third kappa shape index (κ3) is 7.48. The number of nitrogens with zero attached hydrogens (tertiary/aromatic N) is 2. The highest BCUT2D eigenvalue weighted by Crippen LogP contribution is 2.26. The molecule has 4 rings (SSSR count). The second-order valence-corrected chi connectivity index (χ2v) is 8.79. The second-order valence-electron chi connectivity index (χ2n) is 8.79. The number of halogens is 3. The number of pyridine rings is 1. The van der Waals surface area contributed by atoms with Gasteiger partial charge in [0.2, 0.25) is 0 Å². The summed E-state index contributed by atoms with van der Waals surface area (Å²) in [6.45, 7) is 2.13. The van der Waals surface area contributed by atoms with Crippen molar-refractivity contribution >= 4 is 23.4 Å². The van der Waals surface area contributed by atoms with E-state index in [4.69, 9.17) is 9.84 Å². The fraction of sp³-hybridized carbons (Fsp3) is 0.346. The monoisotopic (exact) mass is 517 g/mol. The molecule has 0 unspecified atom stereocenters. The van der Waals surface area contributed by atoms with Crippen LogP contribution in [0.15, 0.2) is 66.1 Å². The minimum atomic E-state index is -4.79. The number of aromatic nitrogens is 1. The number of hydrogen-bond acceptors (Lipinski definition) is 6. The highest BCUT2D eigenvalue weighted by Gasteiger charge is 2.31. The SMILES string of the molecule is O=C(O)C1=CCCC(OCC2CCN(c3ccc(NC(=O)c4ccc(OC(F)(F)F)cc4)cn3)CC2)=C1. The van der Waals surface area contributed by atoms with Crippen LogP contribution in [0.25, 0.3) is 0 Å². The van der Waals surface area contributed by atoms with Crippen molar-refractivity contribution in [3.05, 3.63) is 71.6 Å². The van der Waals surface area contributed by atoms with Crippen LogP contribution in [-0.4, -0.2) is 48.0 Å². The normalized spacial score (nSPS) is 16.5. The van der Waals surface area contributed by atoms with Gasteiger partial charge in [0.05, 0.1) is 29.8 Å². The number of carbonyl (C=O) groups excluding carboxylic acids is 1. The largest absolute Gasteiger partial charge is 0.573 e. The van der Waals surface area contributed by atoms with Crippen LogP contribution in [0.3, 0.4) is 0 Å².